The van der Waals surface area contributed by atoms with E-state index in [-0.39, 0.29) is 11.8 Å². The molecule has 2 heterocycles. The van der Waals surface area contributed by atoms with Gasteiger partial charge in [-0.05, 0) is 55.5 Å². The Hall–Kier alpha value is -2.24. The van der Waals surface area contributed by atoms with Gasteiger partial charge in [-0.25, -0.2) is 4.98 Å². The van der Waals surface area contributed by atoms with Gasteiger partial charge in [-0.1, -0.05) is 23.7 Å². The van der Waals surface area contributed by atoms with E-state index in [0.29, 0.717) is 6.54 Å². The smallest absolute Gasteiger partial charge is 0.223 e. The molecule has 1 N–H and O–H groups in total. The number of hydrogen-bond donors (Lipinski definition) is 1. The summed E-state index contributed by atoms with van der Waals surface area (Å²) >= 11 is 7.69. The molecule has 4 rings (SSSR count). The lowest BCUT2D eigenvalue weighted by molar-refractivity contribution is -0.125. The molecule has 1 aromatic carbocycles. The number of carbonyl (C=O) groups is 1. The van der Waals surface area contributed by atoms with Crippen molar-refractivity contribution >= 4 is 28.8 Å². The van der Waals surface area contributed by atoms with Gasteiger partial charge in [-0.15, -0.1) is 11.3 Å². The van der Waals surface area contributed by atoms with Gasteiger partial charge in [-0.2, -0.15) is 0 Å². The summed E-state index contributed by atoms with van der Waals surface area (Å²) in [6, 6.07) is 11.7. The van der Waals surface area contributed by atoms with Gasteiger partial charge in [0.2, 0.25) is 5.91 Å². The van der Waals surface area contributed by atoms with E-state index in [2.05, 4.69) is 10.3 Å². The summed E-state index contributed by atoms with van der Waals surface area (Å²) in [7, 11) is 0. The topological polar surface area (TPSA) is 54.9 Å². The number of nitrogens with one attached hydrogen (secondary N) is 1. The second kappa shape index (κ2) is 8.19. The Bertz CT molecular complexity index is 942. The lowest BCUT2D eigenvalue weighted by atomic mass is 9.90. The molecule has 0 spiro atoms. The Morgan fingerprint density at radius 1 is 1.30 bits per heavy atom. The van der Waals surface area contributed by atoms with Crippen molar-refractivity contribution < 1.29 is 4.79 Å². The Morgan fingerprint density at radius 3 is 3.04 bits per heavy atom. The lowest BCUT2D eigenvalue weighted by Crippen LogP contribution is -2.35. The fourth-order valence-corrected chi connectivity index (χ4v) is 4.77. The molecular weight excluding hydrogens is 378 g/mol. The number of fused-ring (bicyclic) bond motifs is 1. The molecule has 6 heteroatoms. The van der Waals surface area contributed by atoms with Crippen LogP contribution in [0.1, 0.15) is 22.6 Å². The van der Waals surface area contributed by atoms with E-state index in [4.69, 9.17) is 16.6 Å². The molecule has 0 aliphatic heterocycles. The molecule has 1 amide bonds. The number of thiazole rings is 1. The average Bonchev–Trinajstić information content (AvgIpc) is 3.12. The molecule has 0 bridgehead atoms. The zero-order chi connectivity index (χ0) is 18.6. The first-order valence-electron chi connectivity index (χ1n) is 9.10. The van der Waals surface area contributed by atoms with Crippen LogP contribution in [0.4, 0.5) is 0 Å². The number of aryl methyl sites for hydroxylation is 1. The van der Waals surface area contributed by atoms with Crippen molar-refractivity contribution in [3.05, 3.63) is 69.9 Å². The number of carbonyl (C=O) groups excluding carboxylic acids is 1. The SMILES string of the molecule is O=C(NCCc1cccc(Cl)c1)C1CCc2nc(-c3cccnc3)sc2C1. The van der Waals surface area contributed by atoms with Crippen molar-refractivity contribution in [1.29, 1.82) is 0 Å². The minimum Gasteiger partial charge on any atom is -0.356 e. The first-order chi connectivity index (χ1) is 13.2. The monoisotopic (exact) mass is 397 g/mol. The van der Waals surface area contributed by atoms with Crippen LogP contribution >= 0.6 is 22.9 Å². The van der Waals surface area contributed by atoms with Gasteiger partial charge in [0.1, 0.15) is 5.01 Å². The van der Waals surface area contributed by atoms with Crippen LogP contribution in [0.5, 0.6) is 0 Å². The van der Waals surface area contributed by atoms with E-state index < -0.39 is 0 Å². The summed E-state index contributed by atoms with van der Waals surface area (Å²) in [5.41, 5.74) is 3.32. The minimum atomic E-state index is 0.0269. The second-order valence-corrected chi connectivity index (χ2v) is 8.26. The van der Waals surface area contributed by atoms with E-state index in [0.717, 1.165) is 52.5 Å². The number of pyridine rings is 1. The van der Waals surface area contributed by atoms with E-state index in [1.807, 2.05) is 42.6 Å². The first kappa shape index (κ1) is 18.1. The highest BCUT2D eigenvalue weighted by atomic mass is 35.5. The van der Waals surface area contributed by atoms with Gasteiger partial charge in [-0.3, -0.25) is 9.78 Å². The molecule has 2 aromatic heterocycles. The number of hydrogen-bond acceptors (Lipinski definition) is 4. The third-order valence-electron chi connectivity index (χ3n) is 4.82. The van der Waals surface area contributed by atoms with Crippen LogP contribution in [0.3, 0.4) is 0 Å². The number of amides is 1. The maximum absolute atomic E-state index is 12.6. The van der Waals surface area contributed by atoms with Crippen LogP contribution in [-0.4, -0.2) is 22.4 Å². The molecule has 0 radical (unpaired) electrons. The van der Waals surface area contributed by atoms with Gasteiger partial charge in [0.05, 0.1) is 5.69 Å². The van der Waals surface area contributed by atoms with E-state index in [1.165, 1.54) is 4.88 Å². The number of benzene rings is 1. The standard InChI is InChI=1S/C21H20ClN3OS/c22-17-5-1-3-14(11-17)8-10-24-20(26)15-6-7-18-19(12-15)27-21(25-18)16-4-2-9-23-13-16/h1-5,9,11,13,15H,6-8,10,12H2,(H,24,26). The Labute approximate surface area is 167 Å². The fraction of sp³-hybridized carbons (Fsp3) is 0.286. The molecule has 27 heavy (non-hydrogen) atoms. The zero-order valence-corrected chi connectivity index (χ0v) is 16.4. The van der Waals surface area contributed by atoms with E-state index in [9.17, 15) is 4.79 Å². The minimum absolute atomic E-state index is 0.0269. The summed E-state index contributed by atoms with van der Waals surface area (Å²) in [5.74, 6) is 0.165. The molecule has 0 saturated heterocycles. The van der Waals surface area contributed by atoms with Crippen molar-refractivity contribution in [3.63, 3.8) is 0 Å². The predicted octanol–water partition coefficient (Wildman–Crippen LogP) is 4.32. The molecule has 1 unspecified atom stereocenters. The quantitative estimate of drug-likeness (QED) is 0.697. The van der Waals surface area contributed by atoms with E-state index in [1.54, 1.807) is 17.5 Å². The highest BCUT2D eigenvalue weighted by Crippen LogP contribution is 2.34. The number of rotatable bonds is 5. The fourth-order valence-electron chi connectivity index (χ4n) is 3.38. The van der Waals surface area contributed by atoms with Crippen molar-refractivity contribution in [2.24, 2.45) is 5.92 Å². The van der Waals surface area contributed by atoms with Crippen LogP contribution in [0.25, 0.3) is 10.6 Å². The molecule has 138 valence electrons. The first-order valence-corrected chi connectivity index (χ1v) is 10.3. The number of nitrogens with zero attached hydrogens (tertiary/aromatic N) is 2. The highest BCUT2D eigenvalue weighted by Gasteiger charge is 2.27. The zero-order valence-electron chi connectivity index (χ0n) is 14.8. The summed E-state index contributed by atoms with van der Waals surface area (Å²) < 4.78 is 0. The van der Waals surface area contributed by atoms with Crippen molar-refractivity contribution in [3.8, 4) is 10.6 Å². The van der Waals surface area contributed by atoms with Crippen LogP contribution in [0.15, 0.2) is 48.8 Å². The maximum Gasteiger partial charge on any atom is 0.223 e. The molecule has 4 nitrogen and oxygen atoms in total. The van der Waals surface area contributed by atoms with Gasteiger partial charge in [0, 0.05) is 40.3 Å². The summed E-state index contributed by atoms with van der Waals surface area (Å²) in [4.78, 5) is 22.7. The van der Waals surface area contributed by atoms with Crippen LogP contribution < -0.4 is 5.32 Å². The highest BCUT2D eigenvalue weighted by molar-refractivity contribution is 7.15. The van der Waals surface area contributed by atoms with E-state index >= 15 is 0 Å². The number of aromatic nitrogens is 2. The van der Waals surface area contributed by atoms with Gasteiger partial charge in [0.25, 0.3) is 0 Å². The summed E-state index contributed by atoms with van der Waals surface area (Å²) in [6.07, 6.45) is 6.88. The molecule has 3 aromatic rings. The van der Waals surface area contributed by atoms with Crippen molar-refractivity contribution in [2.45, 2.75) is 25.7 Å². The molecule has 1 atom stereocenters. The summed E-state index contributed by atoms with van der Waals surface area (Å²) in [6.45, 7) is 0.631. The lowest BCUT2D eigenvalue weighted by Gasteiger charge is -2.20. The Morgan fingerprint density at radius 2 is 2.22 bits per heavy atom. The molecule has 0 fully saturated rings. The normalized spacial score (nSPS) is 16.0. The molecule has 1 aliphatic carbocycles. The molecule has 1 aliphatic rings. The van der Waals surface area contributed by atoms with Crippen LogP contribution in [-0.2, 0) is 24.1 Å². The molecular formula is C21H20ClN3OS. The Balaban J connectivity index is 1.35. The van der Waals surface area contributed by atoms with Crippen molar-refractivity contribution in [2.75, 3.05) is 6.54 Å². The summed E-state index contributed by atoms with van der Waals surface area (Å²) in [5, 5.41) is 4.81. The van der Waals surface area contributed by atoms with Gasteiger partial charge < -0.3 is 5.32 Å². The van der Waals surface area contributed by atoms with Crippen molar-refractivity contribution in [1.82, 2.24) is 15.3 Å². The van der Waals surface area contributed by atoms with Gasteiger partial charge >= 0.3 is 0 Å². The van der Waals surface area contributed by atoms with Crippen LogP contribution in [0, 0.1) is 5.92 Å². The van der Waals surface area contributed by atoms with Crippen LogP contribution in [0.2, 0.25) is 5.02 Å². The second-order valence-electron chi connectivity index (χ2n) is 6.74. The Kier molecular flexibility index (Phi) is 5.50. The third-order valence-corrected chi connectivity index (χ3v) is 6.22. The largest absolute Gasteiger partial charge is 0.356 e. The maximum atomic E-state index is 12.6. The number of halogens is 1. The predicted molar refractivity (Wildman–Crippen MR) is 109 cm³/mol. The average molecular weight is 398 g/mol. The third kappa shape index (κ3) is 4.37. The van der Waals surface area contributed by atoms with Gasteiger partial charge in [0.15, 0.2) is 0 Å². The molecule has 0 saturated carbocycles.